The minimum absolute atomic E-state index is 0.123. The fourth-order valence-corrected chi connectivity index (χ4v) is 4.19. The van der Waals surface area contributed by atoms with Crippen LogP contribution >= 0.6 is 0 Å². The molecule has 24 heavy (non-hydrogen) atoms. The summed E-state index contributed by atoms with van der Waals surface area (Å²) in [6.45, 7) is 3.43. The van der Waals surface area contributed by atoms with E-state index in [9.17, 15) is 13.2 Å². The number of hydrogen-bond donors (Lipinski definition) is 1. The Morgan fingerprint density at radius 3 is 2.25 bits per heavy atom. The van der Waals surface area contributed by atoms with Crippen LogP contribution in [0.3, 0.4) is 0 Å². The molecule has 0 radical (unpaired) electrons. The average Bonchev–Trinajstić information content (AvgIpc) is 2.54. The van der Waals surface area contributed by atoms with Crippen molar-refractivity contribution >= 4 is 21.4 Å². The Morgan fingerprint density at radius 2 is 1.75 bits per heavy atom. The summed E-state index contributed by atoms with van der Waals surface area (Å²) in [5.74, 6) is 0.600. The second-order valence-corrected chi connectivity index (χ2v) is 9.07. The van der Waals surface area contributed by atoms with Gasteiger partial charge in [-0.2, -0.15) is 0 Å². The van der Waals surface area contributed by atoms with Crippen LogP contribution < -0.4 is 10.2 Å². The second kappa shape index (κ2) is 7.13. The topological polar surface area (TPSA) is 66.5 Å². The standard InChI is InChI=1S/C18H26N2O3S/c1-2-24(22,23)17-8-6-16(7-9-17)20-12-10-15(11-13-20)19-18(21)14-4-3-5-14/h6-9,14-15H,2-5,10-13H2,1H3,(H,19,21). The molecule has 1 saturated carbocycles. The predicted molar refractivity (Wildman–Crippen MR) is 94.9 cm³/mol. The Labute approximate surface area is 144 Å². The number of nitrogens with zero attached hydrogens (tertiary/aromatic N) is 1. The lowest BCUT2D eigenvalue weighted by atomic mass is 9.84. The first-order valence-electron chi connectivity index (χ1n) is 8.88. The average molecular weight is 350 g/mol. The SMILES string of the molecule is CCS(=O)(=O)c1ccc(N2CCC(NC(=O)C3CCC3)CC2)cc1. The molecule has 0 bridgehead atoms. The van der Waals surface area contributed by atoms with Crippen LogP contribution in [0.5, 0.6) is 0 Å². The van der Waals surface area contributed by atoms with Crippen molar-refractivity contribution in [3.8, 4) is 0 Å². The molecule has 2 fully saturated rings. The molecule has 0 unspecified atom stereocenters. The number of rotatable bonds is 5. The van der Waals surface area contributed by atoms with E-state index < -0.39 is 9.84 Å². The molecule has 1 saturated heterocycles. The molecule has 132 valence electrons. The van der Waals surface area contributed by atoms with E-state index in [0.29, 0.717) is 4.90 Å². The van der Waals surface area contributed by atoms with Crippen molar-refractivity contribution in [3.05, 3.63) is 24.3 Å². The first-order chi connectivity index (χ1) is 11.5. The van der Waals surface area contributed by atoms with E-state index >= 15 is 0 Å². The van der Waals surface area contributed by atoms with E-state index in [-0.39, 0.29) is 23.6 Å². The van der Waals surface area contributed by atoms with Gasteiger partial charge in [0, 0.05) is 30.7 Å². The Balaban J connectivity index is 1.53. The van der Waals surface area contributed by atoms with E-state index in [2.05, 4.69) is 10.2 Å². The molecule has 2 aliphatic rings. The van der Waals surface area contributed by atoms with Gasteiger partial charge >= 0.3 is 0 Å². The summed E-state index contributed by atoms with van der Waals surface area (Å²) in [4.78, 5) is 14.7. The number of sulfone groups is 1. The van der Waals surface area contributed by atoms with Gasteiger partial charge in [0.2, 0.25) is 5.91 Å². The number of nitrogens with one attached hydrogen (secondary N) is 1. The molecule has 1 aliphatic carbocycles. The van der Waals surface area contributed by atoms with Gasteiger partial charge in [0.15, 0.2) is 9.84 Å². The quantitative estimate of drug-likeness (QED) is 0.885. The summed E-state index contributed by atoms with van der Waals surface area (Å²) in [5.41, 5.74) is 1.05. The Morgan fingerprint density at radius 1 is 1.12 bits per heavy atom. The number of amides is 1. The van der Waals surface area contributed by atoms with E-state index in [1.165, 1.54) is 6.42 Å². The minimum Gasteiger partial charge on any atom is -0.371 e. The van der Waals surface area contributed by atoms with Crippen LogP contribution in [0.15, 0.2) is 29.2 Å². The normalized spacial score (nSPS) is 19.8. The van der Waals surface area contributed by atoms with Crippen LogP contribution in [-0.4, -0.2) is 39.2 Å². The summed E-state index contributed by atoms with van der Waals surface area (Å²) in [6, 6.07) is 7.43. The van der Waals surface area contributed by atoms with Crippen molar-refractivity contribution < 1.29 is 13.2 Å². The molecule has 5 nitrogen and oxygen atoms in total. The van der Waals surface area contributed by atoms with Crippen LogP contribution in [0.25, 0.3) is 0 Å². The lowest BCUT2D eigenvalue weighted by Gasteiger charge is -2.35. The summed E-state index contributed by atoms with van der Waals surface area (Å²) in [6.07, 6.45) is 5.14. The Hall–Kier alpha value is -1.56. The number of carbonyl (C=O) groups excluding carboxylic acids is 1. The molecular weight excluding hydrogens is 324 g/mol. The van der Waals surface area contributed by atoms with Crippen LogP contribution in [0.2, 0.25) is 0 Å². The van der Waals surface area contributed by atoms with Gasteiger partial charge in [-0.25, -0.2) is 8.42 Å². The second-order valence-electron chi connectivity index (χ2n) is 6.80. The van der Waals surface area contributed by atoms with Crippen molar-refractivity contribution in [2.45, 2.75) is 50.0 Å². The molecule has 0 spiro atoms. The highest BCUT2D eigenvalue weighted by Crippen LogP contribution is 2.27. The van der Waals surface area contributed by atoms with Gasteiger partial charge < -0.3 is 10.2 Å². The van der Waals surface area contributed by atoms with Crippen molar-refractivity contribution in [2.24, 2.45) is 5.92 Å². The fourth-order valence-electron chi connectivity index (χ4n) is 3.30. The van der Waals surface area contributed by atoms with Gasteiger partial charge in [-0.1, -0.05) is 13.3 Å². The summed E-state index contributed by atoms with van der Waals surface area (Å²) in [5, 5.41) is 3.18. The Bertz CT molecular complexity index is 673. The third-order valence-corrected chi connectivity index (χ3v) is 7.01. The van der Waals surface area contributed by atoms with E-state index in [4.69, 9.17) is 0 Å². The van der Waals surface area contributed by atoms with Gasteiger partial charge in [0.05, 0.1) is 10.6 Å². The maximum atomic E-state index is 12.0. The van der Waals surface area contributed by atoms with Crippen LogP contribution in [0.4, 0.5) is 5.69 Å². The fraction of sp³-hybridized carbons (Fsp3) is 0.611. The number of anilines is 1. The lowest BCUT2D eigenvalue weighted by molar-refractivity contribution is -0.128. The van der Waals surface area contributed by atoms with E-state index in [0.717, 1.165) is 44.5 Å². The highest BCUT2D eigenvalue weighted by atomic mass is 32.2. The van der Waals surface area contributed by atoms with Crippen molar-refractivity contribution in [1.29, 1.82) is 0 Å². The van der Waals surface area contributed by atoms with Crippen LogP contribution in [0, 0.1) is 5.92 Å². The van der Waals surface area contributed by atoms with E-state index in [1.54, 1.807) is 19.1 Å². The third-order valence-electron chi connectivity index (χ3n) is 5.26. The molecule has 6 heteroatoms. The highest BCUT2D eigenvalue weighted by Gasteiger charge is 2.28. The summed E-state index contributed by atoms with van der Waals surface area (Å²) < 4.78 is 23.7. The third kappa shape index (κ3) is 3.74. The van der Waals surface area contributed by atoms with Gasteiger partial charge in [-0.05, 0) is 49.9 Å². The van der Waals surface area contributed by atoms with Crippen molar-refractivity contribution in [3.63, 3.8) is 0 Å². The molecular formula is C18H26N2O3S. The molecule has 1 aromatic carbocycles. The lowest BCUT2D eigenvalue weighted by Crippen LogP contribution is -2.47. The first kappa shape index (κ1) is 17.3. The number of carbonyl (C=O) groups is 1. The monoisotopic (exact) mass is 350 g/mol. The van der Waals surface area contributed by atoms with Crippen LogP contribution in [0.1, 0.15) is 39.0 Å². The molecule has 3 rings (SSSR count). The van der Waals surface area contributed by atoms with E-state index in [1.807, 2.05) is 12.1 Å². The van der Waals surface area contributed by atoms with Gasteiger partial charge in [0.25, 0.3) is 0 Å². The molecule has 1 N–H and O–H groups in total. The predicted octanol–water partition coefficient (Wildman–Crippen LogP) is 2.37. The van der Waals surface area contributed by atoms with Crippen molar-refractivity contribution in [1.82, 2.24) is 5.32 Å². The molecule has 0 atom stereocenters. The zero-order chi connectivity index (χ0) is 17.2. The summed E-state index contributed by atoms with van der Waals surface area (Å²) in [7, 11) is -3.14. The number of benzene rings is 1. The summed E-state index contributed by atoms with van der Waals surface area (Å²) >= 11 is 0. The zero-order valence-electron chi connectivity index (χ0n) is 14.2. The Kier molecular flexibility index (Phi) is 5.13. The minimum atomic E-state index is -3.14. The smallest absolute Gasteiger partial charge is 0.223 e. The maximum Gasteiger partial charge on any atom is 0.223 e. The molecule has 1 heterocycles. The molecule has 1 aliphatic heterocycles. The van der Waals surface area contributed by atoms with Gasteiger partial charge in [-0.15, -0.1) is 0 Å². The van der Waals surface area contributed by atoms with Gasteiger partial charge in [0.1, 0.15) is 0 Å². The van der Waals surface area contributed by atoms with Crippen molar-refractivity contribution in [2.75, 3.05) is 23.7 Å². The molecule has 1 amide bonds. The van der Waals surface area contributed by atoms with Gasteiger partial charge in [-0.3, -0.25) is 4.79 Å². The maximum absolute atomic E-state index is 12.0. The zero-order valence-corrected chi connectivity index (χ0v) is 15.0. The largest absolute Gasteiger partial charge is 0.371 e. The van der Waals surface area contributed by atoms with Crippen LogP contribution in [-0.2, 0) is 14.6 Å². The number of hydrogen-bond acceptors (Lipinski definition) is 4. The number of piperidine rings is 1. The molecule has 0 aromatic heterocycles. The highest BCUT2D eigenvalue weighted by molar-refractivity contribution is 7.91. The first-order valence-corrected chi connectivity index (χ1v) is 10.5. The molecule has 1 aromatic rings.